The first-order valence-electron chi connectivity index (χ1n) is 4.36. The molecule has 2 nitrogen and oxygen atoms in total. The van der Waals surface area contributed by atoms with E-state index in [0.717, 1.165) is 6.42 Å². The van der Waals surface area contributed by atoms with E-state index in [2.05, 4.69) is 0 Å². The molecule has 0 aliphatic heterocycles. The summed E-state index contributed by atoms with van der Waals surface area (Å²) in [6, 6.07) is 0. The Kier molecular flexibility index (Phi) is 4.69. The Bertz CT molecular complexity index is 102. The van der Waals surface area contributed by atoms with Crippen molar-refractivity contribution in [3.8, 4) is 0 Å². The van der Waals surface area contributed by atoms with Gasteiger partial charge in [-0.1, -0.05) is 20.8 Å². The molecule has 0 aromatic heterocycles. The molecule has 0 rings (SSSR count). The third-order valence-corrected chi connectivity index (χ3v) is 2.62. The van der Waals surface area contributed by atoms with E-state index in [1.165, 1.54) is 0 Å². The minimum Gasteiger partial charge on any atom is -0.393 e. The Morgan fingerprint density at radius 2 is 1.45 bits per heavy atom. The third-order valence-electron chi connectivity index (χ3n) is 2.62. The molecule has 0 bridgehead atoms. The normalized spacial score (nSPS) is 22.4. The summed E-state index contributed by atoms with van der Waals surface area (Å²) < 4.78 is 0. The van der Waals surface area contributed by atoms with Gasteiger partial charge in [-0.15, -0.1) is 0 Å². The van der Waals surface area contributed by atoms with Crippen LogP contribution in [0.3, 0.4) is 0 Å². The molecule has 0 aromatic rings. The van der Waals surface area contributed by atoms with Crippen molar-refractivity contribution in [1.29, 1.82) is 0 Å². The number of rotatable bonds is 4. The van der Waals surface area contributed by atoms with E-state index in [9.17, 15) is 10.2 Å². The molecular weight excluding hydrogens is 140 g/mol. The highest BCUT2D eigenvalue weighted by Crippen LogP contribution is 2.20. The fourth-order valence-corrected chi connectivity index (χ4v) is 1.16. The molecule has 0 spiro atoms. The second kappa shape index (κ2) is 4.73. The summed E-state index contributed by atoms with van der Waals surface area (Å²) in [6.07, 6.45) is 0.156. The van der Waals surface area contributed by atoms with Crippen LogP contribution in [0.2, 0.25) is 0 Å². The van der Waals surface area contributed by atoms with Gasteiger partial charge in [-0.2, -0.15) is 0 Å². The summed E-state index contributed by atoms with van der Waals surface area (Å²) in [4.78, 5) is 0. The van der Waals surface area contributed by atoms with Gasteiger partial charge in [0.2, 0.25) is 0 Å². The van der Waals surface area contributed by atoms with Gasteiger partial charge in [0.15, 0.2) is 0 Å². The van der Waals surface area contributed by atoms with Gasteiger partial charge in [-0.05, 0) is 25.2 Å². The minimum absolute atomic E-state index is 0.171. The van der Waals surface area contributed by atoms with Gasteiger partial charge in [0.25, 0.3) is 0 Å². The second-order valence-electron chi connectivity index (χ2n) is 3.43. The molecule has 2 N–H and O–H groups in total. The van der Waals surface area contributed by atoms with Crippen molar-refractivity contribution >= 4 is 0 Å². The van der Waals surface area contributed by atoms with Crippen molar-refractivity contribution in [2.45, 2.75) is 46.3 Å². The van der Waals surface area contributed by atoms with Gasteiger partial charge >= 0.3 is 0 Å². The average Bonchev–Trinajstić information content (AvgIpc) is 2.00. The van der Waals surface area contributed by atoms with Gasteiger partial charge in [-0.25, -0.2) is 0 Å². The number of hydrogen-bond acceptors (Lipinski definition) is 2. The van der Waals surface area contributed by atoms with Crippen molar-refractivity contribution in [3.63, 3.8) is 0 Å². The van der Waals surface area contributed by atoms with E-state index in [-0.39, 0.29) is 24.0 Å². The van der Waals surface area contributed by atoms with Crippen molar-refractivity contribution in [2.24, 2.45) is 11.8 Å². The van der Waals surface area contributed by atoms with Crippen LogP contribution in [-0.2, 0) is 0 Å². The highest BCUT2D eigenvalue weighted by Gasteiger charge is 2.22. The average molecular weight is 160 g/mol. The Labute approximate surface area is 69.2 Å². The molecule has 0 aliphatic rings. The summed E-state index contributed by atoms with van der Waals surface area (Å²) in [7, 11) is 0. The van der Waals surface area contributed by atoms with E-state index < -0.39 is 0 Å². The standard InChI is InChI=1S/C9H20O2/c1-5-9(11)7(3)6(2)8(4)10/h6-11H,5H2,1-4H3. The molecule has 4 unspecified atom stereocenters. The molecule has 0 heterocycles. The van der Waals surface area contributed by atoms with Gasteiger partial charge in [-0.3, -0.25) is 0 Å². The third kappa shape index (κ3) is 3.21. The second-order valence-corrected chi connectivity index (χ2v) is 3.43. The zero-order valence-electron chi connectivity index (χ0n) is 7.91. The van der Waals surface area contributed by atoms with Crippen LogP contribution in [0, 0.1) is 11.8 Å². The van der Waals surface area contributed by atoms with Crippen LogP contribution < -0.4 is 0 Å². The zero-order chi connectivity index (χ0) is 9.02. The molecule has 68 valence electrons. The molecular formula is C9H20O2. The monoisotopic (exact) mass is 160 g/mol. The molecule has 0 saturated carbocycles. The highest BCUT2D eigenvalue weighted by atomic mass is 16.3. The largest absolute Gasteiger partial charge is 0.393 e. The van der Waals surface area contributed by atoms with Gasteiger partial charge < -0.3 is 10.2 Å². The maximum Gasteiger partial charge on any atom is 0.0566 e. The van der Waals surface area contributed by atoms with Crippen LogP contribution >= 0.6 is 0 Å². The fraction of sp³-hybridized carbons (Fsp3) is 1.00. The summed E-state index contributed by atoms with van der Waals surface area (Å²) in [6.45, 7) is 7.67. The number of hydrogen-bond donors (Lipinski definition) is 2. The number of aliphatic hydroxyl groups is 2. The maximum atomic E-state index is 9.43. The molecule has 11 heavy (non-hydrogen) atoms. The highest BCUT2D eigenvalue weighted by molar-refractivity contribution is 4.72. The maximum absolute atomic E-state index is 9.43. The van der Waals surface area contributed by atoms with E-state index in [0.29, 0.717) is 0 Å². The zero-order valence-corrected chi connectivity index (χ0v) is 7.91. The van der Waals surface area contributed by atoms with Gasteiger partial charge in [0.05, 0.1) is 12.2 Å². The lowest BCUT2D eigenvalue weighted by Gasteiger charge is -2.26. The predicted octanol–water partition coefficient (Wildman–Crippen LogP) is 1.41. The number of aliphatic hydroxyl groups excluding tert-OH is 2. The molecule has 2 heteroatoms. The van der Waals surface area contributed by atoms with Crippen LogP contribution in [0.5, 0.6) is 0 Å². The predicted molar refractivity (Wildman–Crippen MR) is 46.3 cm³/mol. The van der Waals surface area contributed by atoms with E-state index in [1.807, 2.05) is 20.8 Å². The first-order chi connectivity index (χ1) is 5.00. The SMILES string of the molecule is CCC(O)C(C)C(C)C(C)O. The molecule has 0 fully saturated rings. The molecule has 0 radical (unpaired) electrons. The molecule has 0 amide bonds. The minimum atomic E-state index is -0.328. The molecule has 0 aromatic carbocycles. The lowest BCUT2D eigenvalue weighted by molar-refractivity contribution is 0.0292. The van der Waals surface area contributed by atoms with Crippen LogP contribution in [0.25, 0.3) is 0 Å². The first-order valence-corrected chi connectivity index (χ1v) is 4.36. The quantitative estimate of drug-likeness (QED) is 0.653. The molecule has 0 saturated heterocycles. The Morgan fingerprint density at radius 3 is 1.73 bits per heavy atom. The smallest absolute Gasteiger partial charge is 0.0566 e. The Morgan fingerprint density at radius 1 is 1.00 bits per heavy atom. The van der Waals surface area contributed by atoms with Crippen LogP contribution in [0.15, 0.2) is 0 Å². The molecule has 0 aliphatic carbocycles. The van der Waals surface area contributed by atoms with E-state index in [1.54, 1.807) is 6.92 Å². The van der Waals surface area contributed by atoms with Crippen molar-refractivity contribution < 1.29 is 10.2 Å². The van der Waals surface area contributed by atoms with Gasteiger partial charge in [0.1, 0.15) is 0 Å². The lowest BCUT2D eigenvalue weighted by Crippen LogP contribution is -2.29. The van der Waals surface area contributed by atoms with E-state index in [4.69, 9.17) is 0 Å². The summed E-state index contributed by atoms with van der Waals surface area (Å²) in [5.74, 6) is 0.352. The van der Waals surface area contributed by atoms with Gasteiger partial charge in [0, 0.05) is 0 Å². The summed E-state index contributed by atoms with van der Waals surface area (Å²) >= 11 is 0. The topological polar surface area (TPSA) is 40.5 Å². The van der Waals surface area contributed by atoms with Crippen LogP contribution in [-0.4, -0.2) is 22.4 Å². The Hall–Kier alpha value is -0.0800. The first kappa shape index (κ1) is 10.9. The van der Waals surface area contributed by atoms with E-state index >= 15 is 0 Å². The molecule has 4 atom stereocenters. The summed E-state index contributed by atoms with van der Waals surface area (Å²) in [5, 5.41) is 18.7. The van der Waals surface area contributed by atoms with Crippen molar-refractivity contribution in [2.75, 3.05) is 0 Å². The van der Waals surface area contributed by atoms with Crippen molar-refractivity contribution in [3.05, 3.63) is 0 Å². The Balaban J connectivity index is 3.90. The lowest BCUT2D eigenvalue weighted by atomic mass is 9.86. The fourth-order valence-electron chi connectivity index (χ4n) is 1.16. The van der Waals surface area contributed by atoms with Crippen LogP contribution in [0.4, 0.5) is 0 Å². The van der Waals surface area contributed by atoms with Crippen LogP contribution in [0.1, 0.15) is 34.1 Å². The van der Waals surface area contributed by atoms with Crippen molar-refractivity contribution in [1.82, 2.24) is 0 Å². The summed E-state index contributed by atoms with van der Waals surface area (Å²) in [5.41, 5.74) is 0.